The summed E-state index contributed by atoms with van der Waals surface area (Å²) in [6.07, 6.45) is 7.33. The third-order valence-electron chi connectivity index (χ3n) is 4.42. The molecule has 0 unspecified atom stereocenters. The third-order valence-corrected chi connectivity index (χ3v) is 4.42. The van der Waals surface area contributed by atoms with E-state index in [1.807, 2.05) is 20.8 Å². The molecule has 1 amide bonds. The fraction of sp³-hybridized carbons (Fsp3) is 0.474. The lowest BCUT2D eigenvalue weighted by atomic mass is 9.90. The van der Waals surface area contributed by atoms with E-state index in [1.54, 1.807) is 19.4 Å². The minimum atomic E-state index is -0.332. The molecule has 2 aromatic rings. The number of hydrogen-bond donors (Lipinski definition) is 3. The van der Waals surface area contributed by atoms with Crippen molar-refractivity contribution >= 4 is 28.5 Å². The van der Waals surface area contributed by atoms with Gasteiger partial charge in [0.05, 0.1) is 17.5 Å². The number of carbonyl (C=O) groups excluding carboxylic acids is 1. The molecule has 0 spiro atoms. The smallest absolute Gasteiger partial charge is 0.255 e. The molecule has 26 heavy (non-hydrogen) atoms. The van der Waals surface area contributed by atoms with Crippen LogP contribution in [0.25, 0.3) is 16.9 Å². The van der Waals surface area contributed by atoms with Crippen molar-refractivity contribution in [3.63, 3.8) is 0 Å². The Morgan fingerprint density at radius 3 is 2.73 bits per heavy atom. The summed E-state index contributed by atoms with van der Waals surface area (Å²) in [6.45, 7) is 5.82. The molecular formula is C19H26N6O. The largest absolute Gasteiger partial charge is 0.397 e. The van der Waals surface area contributed by atoms with E-state index in [-0.39, 0.29) is 11.4 Å². The van der Waals surface area contributed by atoms with Gasteiger partial charge in [-0.2, -0.15) is 0 Å². The van der Waals surface area contributed by atoms with Gasteiger partial charge in [0.1, 0.15) is 11.2 Å². The van der Waals surface area contributed by atoms with Gasteiger partial charge >= 0.3 is 0 Å². The van der Waals surface area contributed by atoms with Gasteiger partial charge in [0.2, 0.25) is 0 Å². The predicted octanol–water partition coefficient (Wildman–Crippen LogP) is 2.80. The fourth-order valence-corrected chi connectivity index (χ4v) is 3.18. The van der Waals surface area contributed by atoms with E-state index < -0.39 is 0 Å². The van der Waals surface area contributed by atoms with Gasteiger partial charge in [0.25, 0.3) is 5.91 Å². The first-order valence-electron chi connectivity index (χ1n) is 8.92. The van der Waals surface area contributed by atoms with E-state index in [4.69, 9.17) is 5.73 Å². The molecule has 7 heteroatoms. The van der Waals surface area contributed by atoms with Crippen LogP contribution in [-0.2, 0) is 0 Å². The quantitative estimate of drug-likeness (QED) is 0.770. The summed E-state index contributed by atoms with van der Waals surface area (Å²) in [7, 11) is 1.80. The Balaban J connectivity index is 2.04. The van der Waals surface area contributed by atoms with Crippen molar-refractivity contribution in [3.8, 4) is 0 Å². The van der Waals surface area contributed by atoms with Gasteiger partial charge in [-0.05, 0) is 52.0 Å². The zero-order chi connectivity index (χ0) is 18.9. The van der Waals surface area contributed by atoms with Crippen LogP contribution in [-0.4, -0.2) is 39.2 Å². The molecule has 0 saturated heterocycles. The summed E-state index contributed by atoms with van der Waals surface area (Å²) in [5.41, 5.74) is 10.9. The van der Waals surface area contributed by atoms with Crippen LogP contribution < -0.4 is 11.1 Å². The topological polar surface area (TPSA) is 109 Å². The van der Waals surface area contributed by atoms with E-state index in [0.29, 0.717) is 28.1 Å². The first-order valence-corrected chi connectivity index (χ1v) is 8.92. The molecule has 2 heterocycles. The summed E-state index contributed by atoms with van der Waals surface area (Å²) in [5.74, 6) is -0.185. The van der Waals surface area contributed by atoms with E-state index >= 15 is 0 Å². The van der Waals surface area contributed by atoms with Crippen molar-refractivity contribution in [1.82, 2.24) is 20.3 Å². The van der Waals surface area contributed by atoms with Gasteiger partial charge in [-0.25, -0.2) is 9.97 Å². The Bertz CT molecular complexity index is 900. The minimum Gasteiger partial charge on any atom is -0.397 e. The molecule has 0 aliphatic heterocycles. The van der Waals surface area contributed by atoms with Gasteiger partial charge in [-0.1, -0.05) is 0 Å². The number of nitrogens with one attached hydrogen (secondary N) is 2. The highest BCUT2D eigenvalue weighted by atomic mass is 16.1. The summed E-state index contributed by atoms with van der Waals surface area (Å²) < 4.78 is 0. The van der Waals surface area contributed by atoms with Gasteiger partial charge in [0, 0.05) is 24.5 Å². The van der Waals surface area contributed by atoms with Crippen LogP contribution >= 0.6 is 0 Å². The number of amides is 1. The highest BCUT2D eigenvalue weighted by Crippen LogP contribution is 2.26. The fourth-order valence-electron chi connectivity index (χ4n) is 3.18. The van der Waals surface area contributed by atoms with Crippen molar-refractivity contribution < 1.29 is 4.79 Å². The van der Waals surface area contributed by atoms with Crippen molar-refractivity contribution in [3.05, 3.63) is 29.2 Å². The average Bonchev–Trinajstić information content (AvgIpc) is 3.02. The molecule has 0 atom stereocenters. The van der Waals surface area contributed by atoms with Gasteiger partial charge in [0.15, 0.2) is 5.65 Å². The lowest BCUT2D eigenvalue weighted by Crippen LogP contribution is -2.40. The van der Waals surface area contributed by atoms with Crippen LogP contribution in [0.5, 0.6) is 0 Å². The molecular weight excluding hydrogens is 328 g/mol. The van der Waals surface area contributed by atoms with Crippen LogP contribution in [0.4, 0.5) is 0 Å². The third kappa shape index (κ3) is 3.61. The summed E-state index contributed by atoms with van der Waals surface area (Å²) in [4.78, 5) is 29.0. The number of fused-ring (bicyclic) bond motifs is 1. The molecule has 1 aliphatic carbocycles. The Morgan fingerprint density at radius 1 is 1.31 bits per heavy atom. The molecule has 7 nitrogen and oxygen atoms in total. The van der Waals surface area contributed by atoms with Gasteiger partial charge in [-0.15, -0.1) is 0 Å². The van der Waals surface area contributed by atoms with Crippen LogP contribution in [0.3, 0.4) is 0 Å². The van der Waals surface area contributed by atoms with Crippen LogP contribution in [0, 0.1) is 0 Å². The summed E-state index contributed by atoms with van der Waals surface area (Å²) in [5, 5.41) is 2.95. The molecule has 1 saturated carbocycles. The van der Waals surface area contributed by atoms with Crippen LogP contribution in [0.2, 0.25) is 0 Å². The molecule has 3 rings (SSSR count). The second-order valence-electron chi connectivity index (χ2n) is 7.63. The summed E-state index contributed by atoms with van der Waals surface area (Å²) in [6, 6.07) is 0. The zero-order valence-electron chi connectivity index (χ0n) is 15.8. The number of allylic oxidation sites excluding steroid dienone is 1. The van der Waals surface area contributed by atoms with E-state index in [0.717, 1.165) is 37.0 Å². The number of aliphatic imine (C=N–C) groups is 1. The normalized spacial score (nSPS) is 19.0. The minimum absolute atomic E-state index is 0.185. The maximum atomic E-state index is 12.6. The highest BCUT2D eigenvalue weighted by molar-refractivity contribution is 6.07. The van der Waals surface area contributed by atoms with Crippen LogP contribution in [0.15, 0.2) is 23.0 Å². The molecule has 0 aromatic carbocycles. The molecule has 138 valence electrons. The monoisotopic (exact) mass is 354 g/mol. The highest BCUT2D eigenvalue weighted by Gasteiger charge is 2.21. The maximum Gasteiger partial charge on any atom is 0.255 e. The predicted molar refractivity (Wildman–Crippen MR) is 104 cm³/mol. The van der Waals surface area contributed by atoms with E-state index in [1.165, 1.54) is 0 Å². The molecule has 2 aromatic heterocycles. The van der Waals surface area contributed by atoms with Crippen molar-refractivity contribution in [2.75, 3.05) is 7.05 Å². The number of aromatic amines is 1. The molecule has 1 fully saturated rings. The average molecular weight is 354 g/mol. The van der Waals surface area contributed by atoms with Crippen LogP contribution in [0.1, 0.15) is 62.5 Å². The number of rotatable bonds is 2. The number of aromatic nitrogens is 3. The second-order valence-corrected chi connectivity index (χ2v) is 7.63. The van der Waals surface area contributed by atoms with E-state index in [9.17, 15) is 4.79 Å². The SMILES string of the molecule is CN=C1CCCCC1=C(N)c1cnc2[nH]cc(C(=O)NC(C)(C)C)c2n1. The van der Waals surface area contributed by atoms with Gasteiger partial charge in [-0.3, -0.25) is 9.79 Å². The van der Waals surface area contributed by atoms with Crippen molar-refractivity contribution in [1.29, 1.82) is 0 Å². The van der Waals surface area contributed by atoms with E-state index in [2.05, 4.69) is 25.3 Å². The Morgan fingerprint density at radius 2 is 2.04 bits per heavy atom. The van der Waals surface area contributed by atoms with Crippen molar-refractivity contribution in [2.45, 2.75) is 52.0 Å². The lowest BCUT2D eigenvalue weighted by molar-refractivity contribution is 0.0921. The standard InChI is InChI=1S/C19H26N6O/c1-19(2,3)25-18(26)12-9-22-17-16(12)24-14(10-23-17)15(20)11-7-5-6-8-13(11)21-4/h9-10H,5-8,20H2,1-4H3,(H,22,23)(H,25,26). The first-order chi connectivity index (χ1) is 12.3. The Kier molecular flexibility index (Phi) is 4.80. The summed E-state index contributed by atoms with van der Waals surface area (Å²) >= 11 is 0. The maximum absolute atomic E-state index is 12.6. The second kappa shape index (κ2) is 6.90. The molecule has 0 bridgehead atoms. The van der Waals surface area contributed by atoms with Gasteiger partial charge < -0.3 is 16.0 Å². The number of hydrogen-bond acceptors (Lipinski definition) is 5. The lowest BCUT2D eigenvalue weighted by Gasteiger charge is -2.20. The first kappa shape index (κ1) is 18.1. The molecule has 4 N–H and O–H groups in total. The van der Waals surface area contributed by atoms with Crippen molar-refractivity contribution in [2.24, 2.45) is 10.7 Å². The number of nitrogens with zero attached hydrogens (tertiary/aromatic N) is 3. The molecule has 0 radical (unpaired) electrons. The Labute approximate surface area is 153 Å². The number of H-pyrrole nitrogens is 1. The molecule has 1 aliphatic rings. The zero-order valence-corrected chi connectivity index (χ0v) is 15.8. The number of nitrogens with two attached hydrogens (primary N) is 1. The number of carbonyl (C=O) groups is 1. The Hall–Kier alpha value is -2.70.